The van der Waals surface area contributed by atoms with Gasteiger partial charge in [0, 0.05) is 23.6 Å². The number of hydrogen-bond donors (Lipinski definition) is 0. The Labute approximate surface area is 131 Å². The first kappa shape index (κ1) is 16.5. The van der Waals surface area contributed by atoms with Crippen LogP contribution >= 0.6 is 11.8 Å². The van der Waals surface area contributed by atoms with Crippen molar-refractivity contribution in [3.8, 4) is 0 Å². The van der Waals surface area contributed by atoms with Crippen molar-refractivity contribution in [2.45, 2.75) is 23.8 Å². The quantitative estimate of drug-likeness (QED) is 0.692. The van der Waals surface area contributed by atoms with E-state index in [1.54, 1.807) is 0 Å². The zero-order valence-corrected chi connectivity index (χ0v) is 13.5. The van der Waals surface area contributed by atoms with E-state index < -0.39 is 0 Å². The first-order valence-electron chi connectivity index (χ1n) is 7.49. The van der Waals surface area contributed by atoms with Crippen molar-refractivity contribution >= 4 is 11.8 Å². The summed E-state index contributed by atoms with van der Waals surface area (Å²) in [4.78, 5) is 13.2. The van der Waals surface area contributed by atoms with Crippen LogP contribution in [0.4, 0.5) is 0 Å². The molecule has 0 aromatic heterocycles. The standard InChI is InChI=1S/C16H24N2O2S/c1-16(14-17-19,7-8-18-9-11-20-12-10-18)21-13-15-5-3-2-4-6-15/h2-6H,7-14H2,1H3. The zero-order valence-electron chi connectivity index (χ0n) is 12.7. The highest BCUT2D eigenvalue weighted by Crippen LogP contribution is 2.32. The number of nitroso groups, excluding NO2 is 1. The molecule has 0 N–H and O–H groups in total. The average Bonchev–Trinajstić information content (AvgIpc) is 2.54. The third-order valence-electron chi connectivity index (χ3n) is 3.89. The van der Waals surface area contributed by atoms with Gasteiger partial charge in [-0.3, -0.25) is 4.90 Å². The molecule has 0 amide bonds. The van der Waals surface area contributed by atoms with Gasteiger partial charge < -0.3 is 4.74 Å². The zero-order chi connectivity index (χ0) is 15.0. The Bertz CT molecular complexity index is 424. The van der Waals surface area contributed by atoms with Gasteiger partial charge in [0.15, 0.2) is 0 Å². The van der Waals surface area contributed by atoms with Crippen LogP contribution in [0.5, 0.6) is 0 Å². The molecule has 1 unspecified atom stereocenters. The first-order valence-corrected chi connectivity index (χ1v) is 8.47. The second kappa shape index (κ2) is 8.51. The second-order valence-corrected chi connectivity index (χ2v) is 7.28. The third kappa shape index (κ3) is 5.77. The van der Waals surface area contributed by atoms with Crippen LogP contribution in [0.1, 0.15) is 18.9 Å². The summed E-state index contributed by atoms with van der Waals surface area (Å²) in [6, 6.07) is 10.4. The largest absolute Gasteiger partial charge is 0.379 e. The molecule has 1 aliphatic rings. The molecule has 0 spiro atoms. The maximum atomic E-state index is 10.8. The molecule has 5 heteroatoms. The van der Waals surface area contributed by atoms with Crippen molar-refractivity contribution in [1.29, 1.82) is 0 Å². The molecule has 0 bridgehead atoms. The lowest BCUT2D eigenvalue weighted by atomic mass is 10.1. The van der Waals surface area contributed by atoms with Gasteiger partial charge in [-0.1, -0.05) is 35.5 Å². The third-order valence-corrected chi connectivity index (χ3v) is 5.40. The van der Waals surface area contributed by atoms with Gasteiger partial charge in [-0.25, -0.2) is 0 Å². The van der Waals surface area contributed by atoms with Crippen molar-refractivity contribution in [2.24, 2.45) is 5.18 Å². The lowest BCUT2D eigenvalue weighted by molar-refractivity contribution is 0.0364. The van der Waals surface area contributed by atoms with Crippen LogP contribution in [0.2, 0.25) is 0 Å². The Morgan fingerprint density at radius 3 is 2.67 bits per heavy atom. The van der Waals surface area contributed by atoms with Crippen molar-refractivity contribution in [3.05, 3.63) is 40.8 Å². The molecule has 0 aliphatic carbocycles. The average molecular weight is 308 g/mol. The summed E-state index contributed by atoms with van der Waals surface area (Å²) in [6.45, 7) is 7.16. The van der Waals surface area contributed by atoms with E-state index >= 15 is 0 Å². The van der Waals surface area contributed by atoms with Crippen molar-refractivity contribution in [1.82, 2.24) is 4.90 Å². The Balaban J connectivity index is 1.84. The van der Waals surface area contributed by atoms with Crippen LogP contribution in [0.25, 0.3) is 0 Å². The van der Waals surface area contributed by atoms with Crippen LogP contribution in [0.3, 0.4) is 0 Å². The molecule has 116 valence electrons. The van der Waals surface area contributed by atoms with E-state index in [1.165, 1.54) is 5.56 Å². The molecule has 2 rings (SSSR count). The predicted molar refractivity (Wildman–Crippen MR) is 88.7 cm³/mol. The molecule has 1 atom stereocenters. The van der Waals surface area contributed by atoms with Gasteiger partial charge in [0.25, 0.3) is 0 Å². The minimum atomic E-state index is -0.0874. The van der Waals surface area contributed by atoms with Crippen LogP contribution in [-0.4, -0.2) is 49.0 Å². The Kier molecular flexibility index (Phi) is 6.67. The molecule has 1 aromatic rings. The molecule has 1 fully saturated rings. The van der Waals surface area contributed by atoms with Crippen LogP contribution in [-0.2, 0) is 10.5 Å². The smallest absolute Gasteiger partial charge is 0.0955 e. The maximum Gasteiger partial charge on any atom is 0.0955 e. The number of morpholine rings is 1. The summed E-state index contributed by atoms with van der Waals surface area (Å²) >= 11 is 1.84. The van der Waals surface area contributed by atoms with Gasteiger partial charge >= 0.3 is 0 Å². The SMILES string of the molecule is CC(CCN1CCOCC1)(CN=O)SCc1ccccc1. The summed E-state index contributed by atoms with van der Waals surface area (Å²) < 4.78 is 5.28. The lowest BCUT2D eigenvalue weighted by Gasteiger charge is -2.32. The second-order valence-electron chi connectivity index (χ2n) is 5.72. The highest BCUT2D eigenvalue weighted by atomic mass is 32.2. The van der Waals surface area contributed by atoms with Gasteiger partial charge in [0.2, 0.25) is 0 Å². The molecule has 4 nitrogen and oxygen atoms in total. The normalized spacial score (nSPS) is 19.1. The molecule has 21 heavy (non-hydrogen) atoms. The highest BCUT2D eigenvalue weighted by molar-refractivity contribution is 7.99. The summed E-state index contributed by atoms with van der Waals surface area (Å²) in [5, 5.41) is 3.17. The Hall–Kier alpha value is -0.910. The fraction of sp³-hybridized carbons (Fsp3) is 0.625. The Morgan fingerprint density at radius 2 is 2.00 bits per heavy atom. The van der Waals surface area contributed by atoms with E-state index in [0.717, 1.165) is 45.0 Å². The predicted octanol–water partition coefficient (Wildman–Crippen LogP) is 3.17. The summed E-state index contributed by atoms with van der Waals surface area (Å²) in [5.41, 5.74) is 1.30. The molecular formula is C16H24N2O2S. The van der Waals surface area contributed by atoms with E-state index in [-0.39, 0.29) is 4.75 Å². The number of rotatable bonds is 8. The van der Waals surface area contributed by atoms with Crippen LogP contribution in [0.15, 0.2) is 35.5 Å². The van der Waals surface area contributed by atoms with Crippen LogP contribution < -0.4 is 0 Å². The van der Waals surface area contributed by atoms with Gasteiger partial charge in [0.1, 0.15) is 0 Å². The summed E-state index contributed by atoms with van der Waals surface area (Å²) in [5.74, 6) is 0.927. The monoisotopic (exact) mass is 308 g/mol. The summed E-state index contributed by atoms with van der Waals surface area (Å²) in [7, 11) is 0. The molecule has 1 heterocycles. The van der Waals surface area contributed by atoms with Gasteiger partial charge in [-0.2, -0.15) is 4.91 Å². The molecular weight excluding hydrogens is 284 g/mol. The minimum absolute atomic E-state index is 0.0874. The minimum Gasteiger partial charge on any atom is -0.379 e. The lowest BCUT2D eigenvalue weighted by Crippen LogP contribution is -2.40. The van der Waals surface area contributed by atoms with E-state index in [2.05, 4.69) is 41.3 Å². The number of ether oxygens (including phenoxy) is 1. The number of thioether (sulfide) groups is 1. The van der Waals surface area contributed by atoms with Crippen molar-refractivity contribution in [2.75, 3.05) is 39.4 Å². The molecule has 0 saturated carbocycles. The van der Waals surface area contributed by atoms with Gasteiger partial charge in [-0.15, -0.1) is 11.8 Å². The number of nitrogens with zero attached hydrogens (tertiary/aromatic N) is 2. The van der Waals surface area contributed by atoms with E-state index in [9.17, 15) is 4.91 Å². The maximum absolute atomic E-state index is 10.8. The summed E-state index contributed by atoms with van der Waals surface area (Å²) in [6.07, 6.45) is 0.982. The Morgan fingerprint density at radius 1 is 1.29 bits per heavy atom. The molecule has 1 aliphatic heterocycles. The fourth-order valence-electron chi connectivity index (χ4n) is 2.38. The first-order chi connectivity index (χ1) is 10.2. The van der Waals surface area contributed by atoms with E-state index in [1.807, 2.05) is 17.8 Å². The number of benzene rings is 1. The van der Waals surface area contributed by atoms with Crippen LogP contribution in [0, 0.1) is 4.91 Å². The fourth-order valence-corrected chi connectivity index (χ4v) is 3.47. The van der Waals surface area contributed by atoms with Gasteiger partial charge in [0.05, 0.1) is 19.8 Å². The van der Waals surface area contributed by atoms with Crippen molar-refractivity contribution < 1.29 is 4.74 Å². The molecule has 1 aromatic carbocycles. The molecule has 1 saturated heterocycles. The topological polar surface area (TPSA) is 41.9 Å². The van der Waals surface area contributed by atoms with Crippen molar-refractivity contribution in [3.63, 3.8) is 0 Å². The highest BCUT2D eigenvalue weighted by Gasteiger charge is 2.26. The van der Waals surface area contributed by atoms with E-state index in [4.69, 9.17) is 4.74 Å². The van der Waals surface area contributed by atoms with Gasteiger partial charge in [-0.05, 0) is 25.5 Å². The number of hydrogen-bond acceptors (Lipinski definition) is 5. The molecule has 0 radical (unpaired) electrons. The van der Waals surface area contributed by atoms with E-state index in [0.29, 0.717) is 6.54 Å².